The van der Waals surface area contributed by atoms with E-state index in [2.05, 4.69) is 6.92 Å². The fourth-order valence-electron chi connectivity index (χ4n) is 2.82. The van der Waals surface area contributed by atoms with Gasteiger partial charge in [0.2, 0.25) is 0 Å². The van der Waals surface area contributed by atoms with Gasteiger partial charge < -0.3 is 14.2 Å². The molecule has 6 nitrogen and oxygen atoms in total. The Morgan fingerprint density at radius 3 is 1.66 bits per heavy atom. The highest BCUT2D eigenvalue weighted by molar-refractivity contribution is 5.92. The number of rotatable bonds is 9. The molecule has 0 saturated heterocycles. The van der Waals surface area contributed by atoms with Crippen LogP contribution in [-0.2, 0) is 0 Å². The monoisotopic (exact) mass is 429 g/mol. The van der Waals surface area contributed by atoms with Crippen LogP contribution in [0.2, 0.25) is 0 Å². The van der Waals surface area contributed by atoms with Gasteiger partial charge in [0, 0.05) is 0 Å². The third kappa shape index (κ3) is 6.44. The number of benzene rings is 3. The van der Waals surface area contributed by atoms with E-state index < -0.39 is 11.9 Å². The Morgan fingerprint density at radius 1 is 0.719 bits per heavy atom. The largest absolute Gasteiger partial charge is 0.494 e. The maximum Gasteiger partial charge on any atom is 0.343 e. The van der Waals surface area contributed by atoms with Gasteiger partial charge in [-0.2, -0.15) is 5.26 Å². The lowest BCUT2D eigenvalue weighted by molar-refractivity contribution is 0.0730. The minimum absolute atomic E-state index is 0.304. The van der Waals surface area contributed by atoms with Crippen LogP contribution >= 0.6 is 0 Å². The molecule has 0 saturated carbocycles. The fraction of sp³-hybridized carbons (Fsp3) is 0.192. The maximum atomic E-state index is 12.4. The highest BCUT2D eigenvalue weighted by Gasteiger charge is 2.12. The molecule has 3 rings (SSSR count). The molecule has 0 bridgehead atoms. The van der Waals surface area contributed by atoms with Gasteiger partial charge in [-0.3, -0.25) is 0 Å². The molecule has 6 heteroatoms. The first kappa shape index (κ1) is 22.6. The van der Waals surface area contributed by atoms with E-state index >= 15 is 0 Å². The summed E-state index contributed by atoms with van der Waals surface area (Å²) in [6.07, 6.45) is 3.25. The Labute approximate surface area is 187 Å². The summed E-state index contributed by atoms with van der Waals surface area (Å²) in [6, 6.07) is 21.1. The minimum Gasteiger partial charge on any atom is -0.494 e. The van der Waals surface area contributed by atoms with Gasteiger partial charge in [-0.25, -0.2) is 9.59 Å². The second-order valence-electron chi connectivity index (χ2n) is 7.02. The number of esters is 2. The van der Waals surface area contributed by atoms with E-state index in [1.807, 2.05) is 6.07 Å². The minimum atomic E-state index is -0.554. The summed E-state index contributed by atoms with van der Waals surface area (Å²) < 4.78 is 16.3. The third-order valence-electron chi connectivity index (χ3n) is 4.60. The van der Waals surface area contributed by atoms with Crippen molar-refractivity contribution < 1.29 is 23.8 Å². The molecule has 0 aliphatic heterocycles. The molecule has 0 N–H and O–H groups in total. The average Bonchev–Trinajstić information content (AvgIpc) is 2.83. The van der Waals surface area contributed by atoms with E-state index in [0.717, 1.165) is 19.3 Å². The normalized spacial score (nSPS) is 10.1. The van der Waals surface area contributed by atoms with E-state index in [-0.39, 0.29) is 0 Å². The molecule has 0 unspecified atom stereocenters. The van der Waals surface area contributed by atoms with Gasteiger partial charge >= 0.3 is 11.9 Å². The topological polar surface area (TPSA) is 85.6 Å². The maximum absolute atomic E-state index is 12.4. The number of carbonyl (C=O) groups is 2. The summed E-state index contributed by atoms with van der Waals surface area (Å²) in [6.45, 7) is 2.79. The molecule has 0 aliphatic carbocycles. The lowest BCUT2D eigenvalue weighted by Crippen LogP contribution is -2.10. The number of hydrogen-bond acceptors (Lipinski definition) is 6. The molecular weight excluding hydrogens is 406 g/mol. The van der Waals surface area contributed by atoms with E-state index in [0.29, 0.717) is 40.5 Å². The standard InChI is InChI=1S/C26H23NO5/c1-2-3-4-17-30-22-13-7-20(8-14-22)25(28)32-24-15-9-21(10-16-24)26(29)31-23-11-5-19(18-27)6-12-23/h5-16H,2-4,17H2,1H3. The Morgan fingerprint density at radius 2 is 1.19 bits per heavy atom. The molecule has 0 spiro atoms. The molecule has 32 heavy (non-hydrogen) atoms. The van der Waals surface area contributed by atoms with E-state index in [1.165, 1.54) is 24.3 Å². The van der Waals surface area contributed by atoms with Gasteiger partial charge in [-0.15, -0.1) is 0 Å². The Bertz CT molecular complexity index is 1080. The lowest BCUT2D eigenvalue weighted by Gasteiger charge is -2.08. The van der Waals surface area contributed by atoms with Crippen LogP contribution in [0.15, 0.2) is 72.8 Å². The Kier molecular flexibility index (Phi) is 7.99. The van der Waals surface area contributed by atoms with Crippen LogP contribution in [0.4, 0.5) is 0 Å². The average molecular weight is 429 g/mol. The first-order valence-electron chi connectivity index (χ1n) is 10.4. The van der Waals surface area contributed by atoms with Gasteiger partial charge in [0.15, 0.2) is 0 Å². The van der Waals surface area contributed by atoms with Gasteiger partial charge in [-0.1, -0.05) is 19.8 Å². The van der Waals surface area contributed by atoms with Crippen LogP contribution in [0.1, 0.15) is 52.5 Å². The predicted molar refractivity (Wildman–Crippen MR) is 119 cm³/mol. The Hall–Kier alpha value is -4.11. The van der Waals surface area contributed by atoms with Crippen LogP contribution in [0, 0.1) is 11.3 Å². The molecule has 3 aromatic carbocycles. The number of ether oxygens (including phenoxy) is 3. The first-order valence-corrected chi connectivity index (χ1v) is 10.4. The van der Waals surface area contributed by atoms with Crippen molar-refractivity contribution in [2.75, 3.05) is 6.61 Å². The zero-order chi connectivity index (χ0) is 22.8. The van der Waals surface area contributed by atoms with E-state index in [9.17, 15) is 9.59 Å². The van der Waals surface area contributed by atoms with Crippen molar-refractivity contribution in [1.29, 1.82) is 5.26 Å². The van der Waals surface area contributed by atoms with Crippen LogP contribution in [0.3, 0.4) is 0 Å². The molecule has 3 aromatic rings. The molecule has 0 atom stereocenters. The second-order valence-corrected chi connectivity index (χ2v) is 7.02. The van der Waals surface area contributed by atoms with Crippen molar-refractivity contribution in [2.45, 2.75) is 26.2 Å². The number of unbranched alkanes of at least 4 members (excludes halogenated alkanes) is 2. The van der Waals surface area contributed by atoms with Crippen molar-refractivity contribution in [3.63, 3.8) is 0 Å². The van der Waals surface area contributed by atoms with Crippen molar-refractivity contribution in [3.8, 4) is 23.3 Å². The summed E-state index contributed by atoms with van der Waals surface area (Å²) in [5.74, 6) is 0.299. The van der Waals surface area contributed by atoms with Crippen molar-refractivity contribution in [3.05, 3.63) is 89.5 Å². The highest BCUT2D eigenvalue weighted by Crippen LogP contribution is 2.19. The van der Waals surface area contributed by atoms with Crippen molar-refractivity contribution in [2.24, 2.45) is 0 Å². The van der Waals surface area contributed by atoms with Crippen molar-refractivity contribution >= 4 is 11.9 Å². The number of nitriles is 1. The third-order valence-corrected chi connectivity index (χ3v) is 4.60. The van der Waals surface area contributed by atoms with Crippen LogP contribution in [-0.4, -0.2) is 18.5 Å². The zero-order valence-corrected chi connectivity index (χ0v) is 17.7. The van der Waals surface area contributed by atoms with Crippen LogP contribution in [0.5, 0.6) is 17.2 Å². The van der Waals surface area contributed by atoms with E-state index in [1.54, 1.807) is 48.5 Å². The highest BCUT2D eigenvalue weighted by atomic mass is 16.5. The molecule has 0 heterocycles. The molecule has 0 fully saturated rings. The summed E-state index contributed by atoms with van der Waals surface area (Å²) in [5, 5.41) is 8.81. The van der Waals surface area contributed by atoms with Gasteiger partial charge in [0.25, 0.3) is 0 Å². The second kappa shape index (κ2) is 11.3. The number of nitrogens with zero attached hydrogens (tertiary/aromatic N) is 1. The summed E-state index contributed by atoms with van der Waals surface area (Å²) >= 11 is 0. The molecule has 0 aliphatic rings. The number of hydrogen-bond donors (Lipinski definition) is 0. The lowest BCUT2D eigenvalue weighted by atomic mass is 10.2. The predicted octanol–water partition coefficient (Wildman–Crippen LogP) is 5.57. The summed E-state index contributed by atoms with van der Waals surface area (Å²) in [7, 11) is 0. The van der Waals surface area contributed by atoms with Crippen LogP contribution in [0.25, 0.3) is 0 Å². The summed E-state index contributed by atoms with van der Waals surface area (Å²) in [4.78, 5) is 24.6. The molecule has 0 amide bonds. The van der Waals surface area contributed by atoms with Gasteiger partial charge in [0.05, 0.1) is 29.4 Å². The first-order chi connectivity index (χ1) is 15.6. The molecule has 162 valence electrons. The van der Waals surface area contributed by atoms with Gasteiger partial charge in [0.1, 0.15) is 17.2 Å². The SMILES string of the molecule is CCCCCOc1ccc(C(=O)Oc2ccc(C(=O)Oc3ccc(C#N)cc3)cc2)cc1. The van der Waals surface area contributed by atoms with Crippen LogP contribution < -0.4 is 14.2 Å². The molecular formula is C26H23NO5. The molecule has 0 radical (unpaired) electrons. The van der Waals surface area contributed by atoms with Gasteiger partial charge in [-0.05, 0) is 79.2 Å². The Balaban J connectivity index is 1.53. The quantitative estimate of drug-likeness (QED) is 0.251. The smallest absolute Gasteiger partial charge is 0.343 e. The summed E-state index contributed by atoms with van der Waals surface area (Å²) in [5.41, 5.74) is 1.18. The van der Waals surface area contributed by atoms with Crippen molar-refractivity contribution in [1.82, 2.24) is 0 Å². The zero-order valence-electron chi connectivity index (χ0n) is 17.7. The molecule has 0 aromatic heterocycles. The number of carbonyl (C=O) groups excluding carboxylic acids is 2. The van der Waals surface area contributed by atoms with E-state index in [4.69, 9.17) is 19.5 Å². The fourth-order valence-corrected chi connectivity index (χ4v) is 2.82.